The fourth-order valence-electron chi connectivity index (χ4n) is 4.26. The third-order valence-electron chi connectivity index (χ3n) is 5.88. The fraction of sp³-hybridized carbons (Fsp3) is 0.571. The van der Waals surface area contributed by atoms with E-state index in [1.165, 1.54) is 11.1 Å². The first-order valence-electron chi connectivity index (χ1n) is 10.7. The van der Waals surface area contributed by atoms with Crippen LogP contribution in [0.3, 0.4) is 0 Å². The van der Waals surface area contributed by atoms with Gasteiger partial charge in [0, 0.05) is 25.0 Å². The highest BCUT2D eigenvalue weighted by molar-refractivity contribution is 14.0. The van der Waals surface area contributed by atoms with E-state index in [0.717, 1.165) is 31.5 Å². The maximum Gasteiger partial charge on any atom is 0.191 e. The quantitative estimate of drug-likeness (QED) is 0.318. The van der Waals surface area contributed by atoms with Crippen LogP contribution in [0, 0.1) is 0 Å². The summed E-state index contributed by atoms with van der Waals surface area (Å²) in [5.74, 6) is 2.06. The highest BCUT2D eigenvalue weighted by atomic mass is 127. The first-order valence-corrected chi connectivity index (χ1v) is 12.6. The van der Waals surface area contributed by atoms with Crippen LogP contribution in [0.2, 0.25) is 0 Å². The van der Waals surface area contributed by atoms with Crippen LogP contribution in [0.4, 0.5) is 0 Å². The molecule has 4 rings (SSSR count). The Morgan fingerprint density at radius 2 is 1.97 bits per heavy atom. The van der Waals surface area contributed by atoms with E-state index >= 15 is 0 Å². The van der Waals surface area contributed by atoms with Crippen molar-refractivity contribution in [3.8, 4) is 0 Å². The summed E-state index contributed by atoms with van der Waals surface area (Å²) < 4.78 is 25.8. The summed E-state index contributed by atoms with van der Waals surface area (Å²) in [4.78, 5) is 4.76. The van der Waals surface area contributed by atoms with E-state index in [2.05, 4.69) is 52.0 Å². The molecule has 0 radical (unpaired) electrons. The van der Waals surface area contributed by atoms with E-state index in [0.29, 0.717) is 25.5 Å². The Hall–Kier alpha value is -1.69. The summed E-state index contributed by atoms with van der Waals surface area (Å²) in [6.45, 7) is 3.32. The van der Waals surface area contributed by atoms with Gasteiger partial charge in [-0.2, -0.15) is 0 Å². The lowest BCUT2D eigenvalue weighted by molar-refractivity contribution is 0.512. The molecule has 0 amide bonds. The number of rotatable bonds is 6. The molecular weight excluding hydrogens is 527 g/mol. The van der Waals surface area contributed by atoms with Gasteiger partial charge in [0.2, 0.25) is 0 Å². The predicted octanol–water partition coefficient (Wildman–Crippen LogP) is 1.74. The molecule has 0 saturated carbocycles. The molecule has 2 unspecified atom stereocenters. The highest BCUT2D eigenvalue weighted by Crippen LogP contribution is 2.21. The molecule has 10 heteroatoms. The van der Waals surface area contributed by atoms with Crippen molar-refractivity contribution in [1.82, 2.24) is 25.4 Å². The Labute approximate surface area is 201 Å². The summed E-state index contributed by atoms with van der Waals surface area (Å²) >= 11 is 0. The molecular formula is C21H31IN6O2S. The van der Waals surface area contributed by atoms with Crippen molar-refractivity contribution in [1.29, 1.82) is 0 Å². The molecule has 1 fully saturated rings. The Bertz CT molecular complexity index is 1010. The third-order valence-corrected chi connectivity index (χ3v) is 7.65. The lowest BCUT2D eigenvalue weighted by atomic mass is 9.88. The van der Waals surface area contributed by atoms with Crippen molar-refractivity contribution in [3.05, 3.63) is 47.5 Å². The molecule has 1 aromatic carbocycles. The minimum absolute atomic E-state index is 0. The van der Waals surface area contributed by atoms with Crippen LogP contribution < -0.4 is 10.6 Å². The van der Waals surface area contributed by atoms with Crippen LogP contribution in [0.5, 0.6) is 0 Å². The van der Waals surface area contributed by atoms with Crippen LogP contribution in [0.1, 0.15) is 36.7 Å². The second-order valence-electron chi connectivity index (χ2n) is 8.12. The van der Waals surface area contributed by atoms with Gasteiger partial charge in [0.25, 0.3) is 0 Å². The number of aliphatic imine (C=N–C) groups is 1. The molecule has 2 aliphatic rings. The van der Waals surface area contributed by atoms with E-state index in [1.807, 2.05) is 4.57 Å². The second-order valence-corrected chi connectivity index (χ2v) is 10.4. The maximum atomic E-state index is 11.9. The van der Waals surface area contributed by atoms with Gasteiger partial charge in [-0.15, -0.1) is 34.2 Å². The van der Waals surface area contributed by atoms with Crippen LogP contribution in [-0.2, 0) is 35.6 Å². The van der Waals surface area contributed by atoms with Crippen LogP contribution in [0.15, 0.2) is 35.6 Å². The van der Waals surface area contributed by atoms with Gasteiger partial charge >= 0.3 is 0 Å². The number of aromatic nitrogens is 3. The number of aryl methyl sites for hydroxylation is 2. The Morgan fingerprint density at radius 1 is 1.19 bits per heavy atom. The molecule has 170 valence electrons. The number of nitrogens with zero attached hydrogens (tertiary/aromatic N) is 4. The molecule has 1 aliphatic heterocycles. The first-order chi connectivity index (χ1) is 14.5. The molecule has 0 spiro atoms. The molecule has 2 atom stereocenters. The summed E-state index contributed by atoms with van der Waals surface area (Å²) in [5.41, 5.74) is 2.80. The first kappa shape index (κ1) is 24.0. The zero-order valence-electron chi connectivity index (χ0n) is 17.8. The molecule has 2 aromatic rings. The smallest absolute Gasteiger partial charge is 0.191 e. The molecule has 1 aromatic heterocycles. The van der Waals surface area contributed by atoms with Gasteiger partial charge in [-0.05, 0) is 36.8 Å². The van der Waals surface area contributed by atoms with E-state index < -0.39 is 9.84 Å². The Kier molecular flexibility index (Phi) is 8.31. The van der Waals surface area contributed by atoms with E-state index in [-0.39, 0.29) is 47.6 Å². The van der Waals surface area contributed by atoms with Gasteiger partial charge in [-0.1, -0.05) is 31.2 Å². The largest absolute Gasteiger partial charge is 0.353 e. The lowest BCUT2D eigenvalue weighted by Gasteiger charge is -2.28. The van der Waals surface area contributed by atoms with Gasteiger partial charge < -0.3 is 15.2 Å². The minimum Gasteiger partial charge on any atom is -0.353 e. The summed E-state index contributed by atoms with van der Waals surface area (Å²) in [5, 5.41) is 15.0. The van der Waals surface area contributed by atoms with Crippen molar-refractivity contribution in [2.45, 2.75) is 57.7 Å². The number of nitrogens with one attached hydrogen (secondary N) is 2. The van der Waals surface area contributed by atoms with Crippen molar-refractivity contribution in [2.75, 3.05) is 18.1 Å². The number of fused-ring (bicyclic) bond motifs is 1. The van der Waals surface area contributed by atoms with Crippen molar-refractivity contribution < 1.29 is 8.42 Å². The van der Waals surface area contributed by atoms with E-state index in [9.17, 15) is 8.42 Å². The zero-order chi connectivity index (χ0) is 21.0. The average Bonchev–Trinajstić information content (AvgIpc) is 3.33. The number of hydrogen-bond acceptors (Lipinski definition) is 5. The topological polar surface area (TPSA) is 101 Å². The summed E-state index contributed by atoms with van der Waals surface area (Å²) in [7, 11) is -2.95. The molecule has 1 aliphatic carbocycles. The normalized spacial score (nSPS) is 22.4. The van der Waals surface area contributed by atoms with Crippen molar-refractivity contribution in [2.24, 2.45) is 4.99 Å². The van der Waals surface area contributed by atoms with Crippen LogP contribution >= 0.6 is 24.0 Å². The SMILES string of the molecule is CCc1nncn1CCN=C(NC1CCc2ccccc2C1)NC1CCS(=O)(=O)C1.I. The average molecular weight is 558 g/mol. The van der Waals surface area contributed by atoms with Crippen molar-refractivity contribution in [3.63, 3.8) is 0 Å². The maximum absolute atomic E-state index is 11.9. The van der Waals surface area contributed by atoms with E-state index in [1.54, 1.807) is 6.33 Å². The Morgan fingerprint density at radius 3 is 2.71 bits per heavy atom. The van der Waals surface area contributed by atoms with Crippen LogP contribution in [0.25, 0.3) is 0 Å². The number of guanidine groups is 1. The summed E-state index contributed by atoms with van der Waals surface area (Å²) in [6.07, 6.45) is 6.21. The monoisotopic (exact) mass is 558 g/mol. The van der Waals surface area contributed by atoms with Gasteiger partial charge in [-0.3, -0.25) is 4.99 Å². The predicted molar refractivity (Wildman–Crippen MR) is 133 cm³/mol. The third kappa shape index (κ3) is 6.41. The number of hydrogen-bond donors (Lipinski definition) is 2. The zero-order valence-corrected chi connectivity index (χ0v) is 21.0. The highest BCUT2D eigenvalue weighted by Gasteiger charge is 2.29. The van der Waals surface area contributed by atoms with Crippen LogP contribution in [-0.4, -0.2) is 59.3 Å². The molecule has 2 heterocycles. The molecule has 1 saturated heterocycles. The molecule has 31 heavy (non-hydrogen) atoms. The van der Waals surface area contributed by atoms with Gasteiger partial charge in [0.05, 0.1) is 18.1 Å². The van der Waals surface area contributed by atoms with Gasteiger partial charge in [0.1, 0.15) is 12.2 Å². The molecule has 2 N–H and O–H groups in total. The Balaban J connectivity index is 0.00000272. The second kappa shape index (κ2) is 10.8. The summed E-state index contributed by atoms with van der Waals surface area (Å²) in [6, 6.07) is 8.77. The van der Waals surface area contributed by atoms with Crippen molar-refractivity contribution >= 4 is 39.8 Å². The van der Waals surface area contributed by atoms with Gasteiger partial charge in [0.15, 0.2) is 15.8 Å². The number of halogens is 1. The van der Waals surface area contributed by atoms with Gasteiger partial charge in [-0.25, -0.2) is 8.42 Å². The van der Waals surface area contributed by atoms with E-state index in [4.69, 9.17) is 4.99 Å². The number of benzene rings is 1. The molecule has 0 bridgehead atoms. The molecule has 8 nitrogen and oxygen atoms in total. The minimum atomic E-state index is -2.95. The number of sulfone groups is 1. The lowest BCUT2D eigenvalue weighted by Crippen LogP contribution is -2.49. The standard InChI is InChI=1S/C21H30N6O2S.HI/c1-2-20-26-23-15-27(20)11-10-22-21(25-19-9-12-30(28,29)14-19)24-18-8-7-16-5-3-4-6-17(16)13-18;/h3-6,15,18-19H,2,7-14H2,1H3,(H2,22,24,25);1H. The fourth-order valence-corrected chi connectivity index (χ4v) is 5.93.